The largest absolute Gasteiger partial charge is 0.484 e. The third kappa shape index (κ3) is 3.22. The lowest BCUT2D eigenvalue weighted by molar-refractivity contribution is -0.134. The van der Waals surface area contributed by atoms with Gasteiger partial charge in [-0.2, -0.15) is 0 Å². The smallest absolute Gasteiger partial charge is 0.260 e. The Bertz CT molecular complexity index is 428. The third-order valence-electron chi connectivity index (χ3n) is 3.20. The summed E-state index contributed by atoms with van der Waals surface area (Å²) in [5, 5.41) is 0. The van der Waals surface area contributed by atoms with Crippen molar-refractivity contribution in [3.63, 3.8) is 0 Å². The van der Waals surface area contributed by atoms with Crippen LogP contribution in [0.3, 0.4) is 0 Å². The lowest BCUT2D eigenvalue weighted by atomic mass is 10.1. The monoisotopic (exact) mass is 251 g/mol. The van der Waals surface area contributed by atoms with Crippen LogP contribution in [0.15, 0.2) is 18.2 Å². The van der Waals surface area contributed by atoms with Crippen molar-refractivity contribution in [1.82, 2.24) is 4.90 Å². The molecule has 0 saturated carbocycles. The molecule has 0 aliphatic carbocycles. The number of amides is 1. The molecule has 0 bridgehead atoms. The van der Waals surface area contributed by atoms with Gasteiger partial charge in [-0.1, -0.05) is 0 Å². The summed E-state index contributed by atoms with van der Waals surface area (Å²) in [6.07, 6.45) is 3.34. The van der Waals surface area contributed by atoms with Crippen LogP contribution in [0.2, 0.25) is 0 Å². The minimum Gasteiger partial charge on any atom is -0.484 e. The van der Waals surface area contributed by atoms with Crippen LogP contribution in [0.5, 0.6) is 5.75 Å². The van der Waals surface area contributed by atoms with E-state index in [1.165, 1.54) is 12.5 Å². The van der Waals surface area contributed by atoms with Gasteiger partial charge in [-0.15, -0.1) is 0 Å². The fourth-order valence-electron chi connectivity index (χ4n) is 2.09. The molecule has 98 valence electrons. The number of hydrogen-bond donors (Lipinski definition) is 0. The number of halogens is 1. The van der Waals surface area contributed by atoms with Gasteiger partial charge in [-0.25, -0.2) is 4.39 Å². The zero-order chi connectivity index (χ0) is 13.0. The molecule has 0 aromatic heterocycles. The van der Waals surface area contributed by atoms with E-state index in [0.717, 1.165) is 25.9 Å². The Balaban J connectivity index is 1.86. The Kier molecular flexibility index (Phi) is 4.18. The Labute approximate surface area is 107 Å². The summed E-state index contributed by atoms with van der Waals surface area (Å²) in [6, 6.07) is 4.51. The molecule has 1 heterocycles. The molecule has 18 heavy (non-hydrogen) atoms. The Morgan fingerprint density at radius 1 is 1.33 bits per heavy atom. The van der Waals surface area contributed by atoms with Crippen LogP contribution < -0.4 is 4.74 Å². The Morgan fingerprint density at radius 3 is 2.72 bits per heavy atom. The highest BCUT2D eigenvalue weighted by molar-refractivity contribution is 5.77. The zero-order valence-electron chi connectivity index (χ0n) is 10.6. The van der Waals surface area contributed by atoms with E-state index in [9.17, 15) is 9.18 Å². The Hall–Kier alpha value is -1.58. The van der Waals surface area contributed by atoms with Gasteiger partial charge >= 0.3 is 0 Å². The summed E-state index contributed by atoms with van der Waals surface area (Å²) in [6.45, 7) is 3.36. The normalized spacial score (nSPS) is 15.6. The molecule has 0 N–H and O–H groups in total. The summed E-state index contributed by atoms with van der Waals surface area (Å²) >= 11 is 0. The predicted molar refractivity (Wildman–Crippen MR) is 67.1 cm³/mol. The third-order valence-corrected chi connectivity index (χ3v) is 3.20. The van der Waals surface area contributed by atoms with E-state index >= 15 is 0 Å². The molecule has 3 nitrogen and oxygen atoms in total. The van der Waals surface area contributed by atoms with Crippen molar-refractivity contribution < 1.29 is 13.9 Å². The number of nitrogens with zero attached hydrogens (tertiary/aromatic N) is 1. The molecule has 1 aliphatic heterocycles. The van der Waals surface area contributed by atoms with Crippen LogP contribution in [0.4, 0.5) is 4.39 Å². The van der Waals surface area contributed by atoms with E-state index < -0.39 is 0 Å². The molecule has 4 heteroatoms. The van der Waals surface area contributed by atoms with Crippen molar-refractivity contribution in [2.45, 2.75) is 26.2 Å². The van der Waals surface area contributed by atoms with Crippen LogP contribution in [0.1, 0.15) is 24.8 Å². The lowest BCUT2D eigenvalue weighted by Gasteiger charge is -2.26. The lowest BCUT2D eigenvalue weighted by Crippen LogP contribution is -2.38. The van der Waals surface area contributed by atoms with Gasteiger partial charge in [0, 0.05) is 13.1 Å². The molecule has 0 spiro atoms. The van der Waals surface area contributed by atoms with Crippen LogP contribution in [0, 0.1) is 12.7 Å². The molecule has 1 fully saturated rings. The molecule has 1 aromatic carbocycles. The molecule has 1 aromatic rings. The van der Waals surface area contributed by atoms with E-state index in [1.807, 2.05) is 4.90 Å². The van der Waals surface area contributed by atoms with E-state index in [0.29, 0.717) is 11.3 Å². The first kappa shape index (κ1) is 12.9. The maximum atomic E-state index is 13.1. The summed E-state index contributed by atoms with van der Waals surface area (Å²) in [4.78, 5) is 13.7. The van der Waals surface area contributed by atoms with Gasteiger partial charge in [0.2, 0.25) is 0 Å². The van der Waals surface area contributed by atoms with Gasteiger partial charge in [-0.05, 0) is 49.9 Å². The molecular formula is C14H18FNO2. The second-order valence-corrected chi connectivity index (χ2v) is 4.64. The highest BCUT2D eigenvalue weighted by Crippen LogP contribution is 2.16. The van der Waals surface area contributed by atoms with Crippen molar-refractivity contribution in [1.29, 1.82) is 0 Å². The van der Waals surface area contributed by atoms with Gasteiger partial charge in [0.15, 0.2) is 6.61 Å². The van der Waals surface area contributed by atoms with Crippen LogP contribution >= 0.6 is 0 Å². The van der Waals surface area contributed by atoms with Gasteiger partial charge in [-0.3, -0.25) is 4.79 Å². The molecular weight excluding hydrogens is 233 g/mol. The highest BCUT2D eigenvalue weighted by Gasteiger charge is 2.16. The van der Waals surface area contributed by atoms with Crippen LogP contribution in [-0.4, -0.2) is 30.5 Å². The summed E-state index contributed by atoms with van der Waals surface area (Å²) in [5.41, 5.74) is 0.526. The minimum absolute atomic E-state index is 0.0108. The first-order chi connectivity index (χ1) is 8.66. The molecule has 0 unspecified atom stereocenters. The number of aryl methyl sites for hydroxylation is 1. The summed E-state index contributed by atoms with van der Waals surface area (Å²) in [5.74, 6) is 0.292. The fraction of sp³-hybridized carbons (Fsp3) is 0.500. The van der Waals surface area contributed by atoms with E-state index in [2.05, 4.69) is 0 Å². The van der Waals surface area contributed by atoms with Crippen molar-refractivity contribution in [3.8, 4) is 5.75 Å². The number of ether oxygens (including phenoxy) is 1. The quantitative estimate of drug-likeness (QED) is 0.826. The predicted octanol–water partition coefficient (Wildman–Crippen LogP) is 2.53. The van der Waals surface area contributed by atoms with Gasteiger partial charge < -0.3 is 9.64 Å². The zero-order valence-corrected chi connectivity index (χ0v) is 10.6. The van der Waals surface area contributed by atoms with Crippen molar-refractivity contribution in [2.24, 2.45) is 0 Å². The van der Waals surface area contributed by atoms with Gasteiger partial charge in [0.05, 0.1) is 0 Å². The number of hydrogen-bond acceptors (Lipinski definition) is 2. The van der Waals surface area contributed by atoms with Crippen molar-refractivity contribution in [3.05, 3.63) is 29.6 Å². The van der Waals surface area contributed by atoms with E-state index in [4.69, 9.17) is 4.74 Å². The average molecular weight is 251 g/mol. The number of carbonyl (C=O) groups is 1. The standard InChI is InChI=1S/C14H18FNO2/c1-11-9-12(5-6-13(11)15)18-10-14(17)16-7-3-2-4-8-16/h5-6,9H,2-4,7-8,10H2,1H3. The first-order valence-electron chi connectivity index (χ1n) is 6.33. The maximum Gasteiger partial charge on any atom is 0.260 e. The summed E-state index contributed by atoms with van der Waals surface area (Å²) < 4.78 is 18.5. The minimum atomic E-state index is -0.260. The topological polar surface area (TPSA) is 29.5 Å². The highest BCUT2D eigenvalue weighted by atomic mass is 19.1. The van der Waals surface area contributed by atoms with Gasteiger partial charge in [0.1, 0.15) is 11.6 Å². The second kappa shape index (κ2) is 5.85. The number of likely N-dealkylation sites (tertiary alicyclic amines) is 1. The van der Waals surface area contributed by atoms with Gasteiger partial charge in [0.25, 0.3) is 5.91 Å². The Morgan fingerprint density at radius 2 is 2.06 bits per heavy atom. The number of piperidine rings is 1. The molecule has 1 amide bonds. The van der Waals surface area contributed by atoms with E-state index in [-0.39, 0.29) is 18.3 Å². The molecule has 0 radical (unpaired) electrons. The number of rotatable bonds is 3. The SMILES string of the molecule is Cc1cc(OCC(=O)N2CCCCC2)ccc1F. The summed E-state index contributed by atoms with van der Waals surface area (Å²) in [7, 11) is 0. The van der Waals surface area contributed by atoms with Crippen LogP contribution in [0.25, 0.3) is 0 Å². The van der Waals surface area contributed by atoms with Crippen molar-refractivity contribution >= 4 is 5.91 Å². The number of carbonyl (C=O) groups excluding carboxylic acids is 1. The molecule has 1 aliphatic rings. The number of benzene rings is 1. The molecule has 2 rings (SSSR count). The fourth-order valence-corrected chi connectivity index (χ4v) is 2.09. The molecule has 0 atom stereocenters. The maximum absolute atomic E-state index is 13.1. The second-order valence-electron chi connectivity index (χ2n) is 4.64. The van der Waals surface area contributed by atoms with Crippen molar-refractivity contribution in [2.75, 3.05) is 19.7 Å². The van der Waals surface area contributed by atoms with E-state index in [1.54, 1.807) is 19.1 Å². The molecule has 1 saturated heterocycles. The van der Waals surface area contributed by atoms with Crippen LogP contribution in [-0.2, 0) is 4.79 Å². The first-order valence-corrected chi connectivity index (χ1v) is 6.33. The average Bonchev–Trinajstić information content (AvgIpc) is 2.41.